The molecule has 0 saturated carbocycles. The Morgan fingerprint density at radius 3 is 2.60 bits per heavy atom. The van der Waals surface area contributed by atoms with Crippen molar-refractivity contribution in [2.45, 2.75) is 19.8 Å². The van der Waals surface area contributed by atoms with Gasteiger partial charge in [-0.15, -0.1) is 0 Å². The molecule has 0 aliphatic rings. The third-order valence-corrected chi connectivity index (χ3v) is 4.59. The molecule has 2 aromatic heterocycles. The summed E-state index contributed by atoms with van der Waals surface area (Å²) in [7, 11) is 0. The molecule has 2 aromatic carbocycles. The maximum absolute atomic E-state index is 12.8. The number of carbonyl (C=O) groups is 1. The van der Waals surface area contributed by atoms with Crippen LogP contribution in [-0.2, 0) is 0 Å². The summed E-state index contributed by atoms with van der Waals surface area (Å²) in [6, 6.07) is 16.2. The largest absolute Gasteiger partial charge is 0.494 e. The maximum atomic E-state index is 12.8. The number of carbonyl (C=O) groups excluding carboxylic acids is 1. The Hall–Kier alpha value is -3.94. The monoisotopic (exact) mass is 403 g/mol. The number of hydrogen-bond acceptors (Lipinski definition) is 5. The Kier molecular flexibility index (Phi) is 5.56. The van der Waals surface area contributed by atoms with Gasteiger partial charge in [0, 0.05) is 5.56 Å². The fraction of sp³-hybridized carbons (Fsp3) is 0.182. The van der Waals surface area contributed by atoms with E-state index < -0.39 is 11.5 Å². The second-order valence-corrected chi connectivity index (χ2v) is 6.72. The van der Waals surface area contributed by atoms with Crippen molar-refractivity contribution in [3.8, 4) is 11.4 Å². The van der Waals surface area contributed by atoms with Crippen molar-refractivity contribution in [1.82, 2.24) is 19.4 Å². The van der Waals surface area contributed by atoms with E-state index in [1.54, 1.807) is 28.9 Å². The van der Waals surface area contributed by atoms with E-state index in [0.717, 1.165) is 23.2 Å². The third-order valence-electron chi connectivity index (χ3n) is 4.59. The van der Waals surface area contributed by atoms with Crippen molar-refractivity contribution in [1.29, 1.82) is 0 Å². The minimum Gasteiger partial charge on any atom is -0.494 e. The fourth-order valence-electron chi connectivity index (χ4n) is 2.96. The van der Waals surface area contributed by atoms with Gasteiger partial charge in [0.1, 0.15) is 17.5 Å². The first kappa shape index (κ1) is 19.4. The Labute approximate surface area is 172 Å². The zero-order valence-electron chi connectivity index (χ0n) is 16.5. The van der Waals surface area contributed by atoms with Crippen molar-refractivity contribution in [2.75, 3.05) is 12.0 Å². The third kappa shape index (κ3) is 3.93. The van der Waals surface area contributed by atoms with E-state index in [-0.39, 0.29) is 0 Å². The number of nitrogens with zero attached hydrogens (tertiary/aromatic N) is 4. The molecule has 4 aromatic rings. The summed E-state index contributed by atoms with van der Waals surface area (Å²) in [4.78, 5) is 29.6. The van der Waals surface area contributed by atoms with Gasteiger partial charge in [-0.05, 0) is 42.8 Å². The highest BCUT2D eigenvalue weighted by atomic mass is 16.5. The highest BCUT2D eigenvalue weighted by Crippen LogP contribution is 2.14. The molecule has 152 valence electrons. The van der Waals surface area contributed by atoms with Crippen molar-refractivity contribution >= 4 is 16.9 Å². The Morgan fingerprint density at radius 2 is 1.87 bits per heavy atom. The molecular weight excluding hydrogens is 382 g/mol. The number of amides is 1. The van der Waals surface area contributed by atoms with Crippen LogP contribution in [-0.4, -0.2) is 32.0 Å². The number of benzene rings is 2. The molecule has 8 nitrogen and oxygen atoms in total. The van der Waals surface area contributed by atoms with E-state index in [1.807, 2.05) is 30.3 Å². The minimum atomic E-state index is -0.422. The second-order valence-electron chi connectivity index (χ2n) is 6.72. The van der Waals surface area contributed by atoms with E-state index in [4.69, 9.17) is 4.74 Å². The first-order valence-corrected chi connectivity index (χ1v) is 9.72. The van der Waals surface area contributed by atoms with Gasteiger partial charge in [0.05, 0.1) is 18.5 Å². The molecule has 1 N–H and O–H groups in total. The number of ether oxygens (including phenoxy) is 1. The van der Waals surface area contributed by atoms with Gasteiger partial charge in [-0.25, -0.2) is 14.3 Å². The van der Waals surface area contributed by atoms with E-state index >= 15 is 0 Å². The first-order valence-electron chi connectivity index (χ1n) is 9.72. The molecule has 8 heteroatoms. The van der Waals surface area contributed by atoms with Gasteiger partial charge >= 0.3 is 0 Å². The number of fused-ring (bicyclic) bond motifs is 1. The number of unbranched alkanes of at least 4 members (excludes halogenated alkanes) is 1. The zero-order chi connectivity index (χ0) is 20.9. The number of nitrogens with one attached hydrogen (secondary N) is 1. The molecule has 1 amide bonds. The van der Waals surface area contributed by atoms with Gasteiger partial charge in [0.15, 0.2) is 5.65 Å². The Bertz CT molecular complexity index is 1210. The number of hydrogen-bond donors (Lipinski definition) is 1. The molecule has 0 saturated heterocycles. The predicted octanol–water partition coefficient (Wildman–Crippen LogP) is 3.15. The molecule has 0 spiro atoms. The number of para-hydroxylation sites is 1. The van der Waals surface area contributed by atoms with Crippen molar-refractivity contribution in [2.24, 2.45) is 0 Å². The molecule has 2 heterocycles. The van der Waals surface area contributed by atoms with Gasteiger partial charge in [-0.1, -0.05) is 31.5 Å². The lowest BCUT2D eigenvalue weighted by Gasteiger charge is -2.09. The summed E-state index contributed by atoms with van der Waals surface area (Å²) in [6.07, 6.45) is 4.76. The SMILES string of the molecule is CCCCOc1ccc(C(=O)Nn2cnc3c(cnn3-c3ccccc3)c2=O)cc1. The predicted molar refractivity (Wildman–Crippen MR) is 114 cm³/mol. The summed E-state index contributed by atoms with van der Waals surface area (Å²) in [5.74, 6) is 0.280. The molecule has 30 heavy (non-hydrogen) atoms. The van der Waals surface area contributed by atoms with Crippen molar-refractivity contribution < 1.29 is 9.53 Å². The van der Waals surface area contributed by atoms with Crippen LogP contribution >= 0.6 is 0 Å². The summed E-state index contributed by atoms with van der Waals surface area (Å²) < 4.78 is 8.25. The van der Waals surface area contributed by atoms with E-state index in [0.29, 0.717) is 29.0 Å². The van der Waals surface area contributed by atoms with Crippen LogP contribution in [0.15, 0.2) is 71.9 Å². The van der Waals surface area contributed by atoms with Crippen LogP contribution in [0.1, 0.15) is 30.1 Å². The Morgan fingerprint density at radius 1 is 1.10 bits per heavy atom. The molecule has 4 rings (SSSR count). The Balaban J connectivity index is 1.53. The zero-order valence-corrected chi connectivity index (χ0v) is 16.5. The lowest BCUT2D eigenvalue weighted by atomic mass is 10.2. The van der Waals surface area contributed by atoms with Crippen molar-refractivity contribution in [3.05, 3.63) is 83.0 Å². The van der Waals surface area contributed by atoms with Crippen LogP contribution in [0.5, 0.6) is 5.75 Å². The second kappa shape index (κ2) is 8.60. The molecule has 0 radical (unpaired) electrons. The van der Waals surface area contributed by atoms with Gasteiger partial charge in [-0.3, -0.25) is 15.0 Å². The molecule has 0 fully saturated rings. The normalized spacial score (nSPS) is 10.8. The molecule has 0 atom stereocenters. The fourth-order valence-corrected chi connectivity index (χ4v) is 2.96. The summed E-state index contributed by atoms with van der Waals surface area (Å²) >= 11 is 0. The molecular formula is C22H21N5O3. The van der Waals surface area contributed by atoms with Gasteiger partial charge in [0.2, 0.25) is 0 Å². The minimum absolute atomic E-state index is 0.307. The quantitative estimate of drug-likeness (QED) is 0.479. The van der Waals surface area contributed by atoms with E-state index in [2.05, 4.69) is 22.4 Å². The van der Waals surface area contributed by atoms with Crippen LogP contribution in [0.4, 0.5) is 0 Å². The summed E-state index contributed by atoms with van der Waals surface area (Å²) in [6.45, 7) is 2.73. The average Bonchev–Trinajstić information content (AvgIpc) is 3.22. The lowest BCUT2D eigenvalue weighted by Crippen LogP contribution is -2.33. The first-order chi connectivity index (χ1) is 14.7. The average molecular weight is 403 g/mol. The van der Waals surface area contributed by atoms with Gasteiger partial charge in [0.25, 0.3) is 11.5 Å². The summed E-state index contributed by atoms with van der Waals surface area (Å²) in [5.41, 5.74) is 3.78. The van der Waals surface area contributed by atoms with Gasteiger partial charge < -0.3 is 4.74 Å². The van der Waals surface area contributed by atoms with Crippen LogP contribution in [0, 0.1) is 0 Å². The maximum Gasteiger partial charge on any atom is 0.283 e. The summed E-state index contributed by atoms with van der Waals surface area (Å²) in [5, 5.41) is 4.57. The van der Waals surface area contributed by atoms with E-state index in [1.165, 1.54) is 12.5 Å². The highest BCUT2D eigenvalue weighted by molar-refractivity contribution is 6.00. The van der Waals surface area contributed by atoms with Gasteiger partial charge in [-0.2, -0.15) is 5.10 Å². The number of rotatable bonds is 7. The number of aromatic nitrogens is 4. The van der Waals surface area contributed by atoms with Crippen LogP contribution in [0.3, 0.4) is 0 Å². The molecule has 0 unspecified atom stereocenters. The van der Waals surface area contributed by atoms with Crippen molar-refractivity contribution in [3.63, 3.8) is 0 Å². The van der Waals surface area contributed by atoms with Crippen LogP contribution in [0.2, 0.25) is 0 Å². The van der Waals surface area contributed by atoms with Crippen LogP contribution in [0.25, 0.3) is 16.7 Å². The smallest absolute Gasteiger partial charge is 0.283 e. The molecule has 0 aliphatic carbocycles. The highest BCUT2D eigenvalue weighted by Gasteiger charge is 2.13. The topological polar surface area (TPSA) is 91.0 Å². The molecule has 0 aliphatic heterocycles. The van der Waals surface area contributed by atoms with E-state index in [9.17, 15) is 9.59 Å². The standard InChI is InChI=1S/C22H21N5O3/c1-2-3-13-30-18-11-9-16(10-12-18)21(28)25-26-15-23-20-19(22(26)29)14-24-27(20)17-7-5-4-6-8-17/h4-12,14-15H,2-3,13H2,1H3,(H,25,28). The lowest BCUT2D eigenvalue weighted by molar-refractivity contribution is 0.101. The van der Waals surface area contributed by atoms with Crippen LogP contribution < -0.4 is 15.7 Å². The molecule has 0 bridgehead atoms.